The van der Waals surface area contributed by atoms with Crippen molar-refractivity contribution in [1.29, 1.82) is 0 Å². The van der Waals surface area contributed by atoms with Crippen LogP contribution in [-0.2, 0) is 0 Å². The number of carbonyl (C=O) groups is 2. The van der Waals surface area contributed by atoms with E-state index in [0.29, 0.717) is 21.6 Å². The Kier molecular flexibility index (Phi) is 6.08. The summed E-state index contributed by atoms with van der Waals surface area (Å²) in [6.07, 6.45) is 0. The maximum atomic E-state index is 12.9. The number of nitrogens with zero attached hydrogens (tertiary/aromatic N) is 2. The second-order valence-electron chi connectivity index (χ2n) is 6.83. The first-order valence-corrected chi connectivity index (χ1v) is 9.79. The van der Waals surface area contributed by atoms with Crippen molar-refractivity contribution in [1.82, 2.24) is 0 Å². The fourth-order valence-corrected chi connectivity index (χ4v) is 3.40. The van der Waals surface area contributed by atoms with Crippen LogP contribution in [0.3, 0.4) is 0 Å². The zero-order valence-electron chi connectivity index (χ0n) is 16.7. The lowest BCUT2D eigenvalue weighted by Gasteiger charge is -2.20. The van der Waals surface area contributed by atoms with Gasteiger partial charge in [-0.1, -0.05) is 12.1 Å². The van der Waals surface area contributed by atoms with E-state index in [0.717, 1.165) is 11.3 Å². The third-order valence-corrected chi connectivity index (χ3v) is 4.96. The number of carbonyl (C=O) groups excluding carboxylic acids is 2. The van der Waals surface area contributed by atoms with E-state index in [-0.39, 0.29) is 17.6 Å². The molecule has 0 radical (unpaired) electrons. The first-order valence-electron chi connectivity index (χ1n) is 8.99. The molecule has 1 N–H and O–H groups in total. The van der Waals surface area contributed by atoms with E-state index in [1.54, 1.807) is 43.4 Å². The molecule has 0 atom stereocenters. The summed E-state index contributed by atoms with van der Waals surface area (Å²) in [5.74, 6) is -0.454. The predicted molar refractivity (Wildman–Crippen MR) is 119 cm³/mol. The van der Waals surface area contributed by atoms with Crippen molar-refractivity contribution in [2.24, 2.45) is 0 Å². The van der Waals surface area contributed by atoms with Gasteiger partial charge < -0.3 is 19.5 Å². The Hall–Kier alpha value is -3.06. The van der Waals surface area contributed by atoms with Gasteiger partial charge in [-0.05, 0) is 70.9 Å². The fourth-order valence-electron chi connectivity index (χ4n) is 3.10. The van der Waals surface area contributed by atoms with Gasteiger partial charge in [0.2, 0.25) is 0 Å². The monoisotopic (exact) mass is 455 g/mol. The zero-order chi connectivity index (χ0) is 21.1. The highest BCUT2D eigenvalue weighted by Crippen LogP contribution is 2.26. The molecule has 0 saturated heterocycles. The topological polar surface area (TPSA) is 65.8 Å². The van der Waals surface area contributed by atoms with Crippen LogP contribution in [0.25, 0.3) is 0 Å². The largest absolute Gasteiger partial charge is 0.444 e. The van der Waals surface area contributed by atoms with Gasteiger partial charge in [-0.25, -0.2) is 0 Å². The summed E-state index contributed by atoms with van der Waals surface area (Å²) in [7, 11) is 5.56. The molecule has 0 bridgehead atoms. The smallest absolute Gasteiger partial charge is 0.293 e. The Morgan fingerprint density at radius 2 is 1.69 bits per heavy atom. The van der Waals surface area contributed by atoms with E-state index in [2.05, 4.69) is 21.2 Å². The minimum Gasteiger partial charge on any atom is -0.444 e. The minimum atomic E-state index is -0.345. The zero-order valence-corrected chi connectivity index (χ0v) is 18.3. The van der Waals surface area contributed by atoms with Crippen molar-refractivity contribution in [3.05, 3.63) is 76.2 Å². The maximum absolute atomic E-state index is 12.9. The molecule has 2 amide bonds. The lowest BCUT2D eigenvalue weighted by Crippen LogP contribution is -2.28. The number of para-hydroxylation sites is 1. The van der Waals surface area contributed by atoms with E-state index in [9.17, 15) is 9.59 Å². The summed E-state index contributed by atoms with van der Waals surface area (Å²) < 4.78 is 5.82. The Morgan fingerprint density at radius 3 is 2.31 bits per heavy atom. The number of amides is 2. The molecule has 7 heteroatoms. The highest BCUT2D eigenvalue weighted by Gasteiger charge is 2.22. The molecule has 2 aromatic carbocycles. The molecule has 1 aromatic heterocycles. The van der Waals surface area contributed by atoms with Crippen molar-refractivity contribution >= 4 is 44.8 Å². The van der Waals surface area contributed by atoms with Gasteiger partial charge in [-0.15, -0.1) is 0 Å². The van der Waals surface area contributed by atoms with Gasteiger partial charge in [0.1, 0.15) is 0 Å². The van der Waals surface area contributed by atoms with Crippen molar-refractivity contribution in [3.63, 3.8) is 0 Å². The summed E-state index contributed by atoms with van der Waals surface area (Å²) in [6.45, 7) is 1.99. The van der Waals surface area contributed by atoms with Crippen LogP contribution in [0.2, 0.25) is 0 Å². The quantitative estimate of drug-likeness (QED) is 0.591. The van der Waals surface area contributed by atoms with E-state index in [4.69, 9.17) is 4.42 Å². The molecule has 29 heavy (non-hydrogen) atoms. The molecule has 0 aliphatic heterocycles. The van der Waals surface area contributed by atoms with Crippen LogP contribution < -0.4 is 15.1 Å². The molecule has 3 aromatic rings. The molecule has 150 valence electrons. The molecule has 3 rings (SSSR count). The fraction of sp³-hybridized carbons (Fsp3) is 0.182. The number of benzene rings is 2. The summed E-state index contributed by atoms with van der Waals surface area (Å²) in [4.78, 5) is 29.1. The summed E-state index contributed by atoms with van der Waals surface area (Å²) in [5.41, 5.74) is 3.71. The van der Waals surface area contributed by atoms with E-state index in [1.165, 1.54) is 4.90 Å². The van der Waals surface area contributed by atoms with E-state index < -0.39 is 0 Å². The van der Waals surface area contributed by atoms with Crippen LogP contribution in [0.1, 0.15) is 26.5 Å². The number of aryl methyl sites for hydroxylation is 1. The number of furan rings is 1. The summed E-state index contributed by atoms with van der Waals surface area (Å²) >= 11 is 3.20. The number of rotatable bonds is 5. The SMILES string of the molecule is Cc1cc(NC(=O)c2ccccc2N(C)C(=O)c2ccc(Br)o2)ccc1N(C)C. The molecule has 0 saturated carbocycles. The molecule has 0 spiro atoms. The van der Waals surface area contributed by atoms with Crippen LogP contribution in [0.5, 0.6) is 0 Å². The molecular formula is C22H22BrN3O3. The number of hydrogen-bond donors (Lipinski definition) is 1. The second-order valence-corrected chi connectivity index (χ2v) is 7.62. The van der Waals surface area contributed by atoms with Gasteiger partial charge in [0.25, 0.3) is 11.8 Å². The van der Waals surface area contributed by atoms with E-state index in [1.807, 2.05) is 44.1 Å². The number of halogens is 1. The lowest BCUT2D eigenvalue weighted by atomic mass is 10.1. The molecule has 1 heterocycles. The standard InChI is InChI=1S/C22H22BrN3O3/c1-14-13-15(9-10-17(14)25(2)3)24-21(27)16-7-5-6-8-18(16)26(4)22(28)19-11-12-20(23)29-19/h5-13H,1-4H3,(H,24,27). The van der Waals surface area contributed by atoms with Crippen molar-refractivity contribution in [2.75, 3.05) is 36.3 Å². The average molecular weight is 456 g/mol. The van der Waals surface area contributed by atoms with Crippen LogP contribution in [-0.4, -0.2) is 33.0 Å². The lowest BCUT2D eigenvalue weighted by molar-refractivity contribution is 0.0965. The molecule has 0 unspecified atom stereocenters. The highest BCUT2D eigenvalue weighted by molar-refractivity contribution is 9.10. The van der Waals surface area contributed by atoms with Crippen molar-refractivity contribution in [2.45, 2.75) is 6.92 Å². The maximum Gasteiger partial charge on any atom is 0.293 e. The van der Waals surface area contributed by atoms with Gasteiger partial charge in [-0.2, -0.15) is 0 Å². The Morgan fingerprint density at radius 1 is 0.966 bits per heavy atom. The van der Waals surface area contributed by atoms with Gasteiger partial charge in [0, 0.05) is 32.5 Å². The number of anilines is 3. The van der Waals surface area contributed by atoms with Crippen LogP contribution in [0.4, 0.5) is 17.1 Å². The predicted octanol–water partition coefficient (Wildman–Crippen LogP) is 4.95. The molecule has 0 aliphatic carbocycles. The van der Waals surface area contributed by atoms with Gasteiger partial charge in [0.05, 0.1) is 11.3 Å². The van der Waals surface area contributed by atoms with Crippen molar-refractivity contribution in [3.8, 4) is 0 Å². The summed E-state index contributed by atoms with van der Waals surface area (Å²) in [5, 5.41) is 2.92. The number of nitrogens with one attached hydrogen (secondary N) is 1. The van der Waals surface area contributed by atoms with Gasteiger partial charge in [0.15, 0.2) is 10.4 Å². The first kappa shape index (κ1) is 20.7. The highest BCUT2D eigenvalue weighted by atomic mass is 79.9. The van der Waals surface area contributed by atoms with Crippen LogP contribution >= 0.6 is 15.9 Å². The second kappa shape index (κ2) is 8.53. The molecular weight excluding hydrogens is 434 g/mol. The molecule has 0 fully saturated rings. The third kappa shape index (κ3) is 4.51. The first-order chi connectivity index (χ1) is 13.8. The average Bonchev–Trinajstić information content (AvgIpc) is 3.13. The normalized spacial score (nSPS) is 10.5. The number of hydrogen-bond acceptors (Lipinski definition) is 4. The molecule has 6 nitrogen and oxygen atoms in total. The Bertz CT molecular complexity index is 1060. The Balaban J connectivity index is 1.85. The minimum absolute atomic E-state index is 0.185. The van der Waals surface area contributed by atoms with Crippen molar-refractivity contribution < 1.29 is 14.0 Å². The van der Waals surface area contributed by atoms with Gasteiger partial charge in [-0.3, -0.25) is 9.59 Å². The van der Waals surface area contributed by atoms with Gasteiger partial charge >= 0.3 is 0 Å². The summed E-state index contributed by atoms with van der Waals surface area (Å²) in [6, 6.07) is 15.9. The van der Waals surface area contributed by atoms with Crippen LogP contribution in [0.15, 0.2) is 63.7 Å². The van der Waals surface area contributed by atoms with Crippen LogP contribution in [0, 0.1) is 6.92 Å². The molecule has 0 aliphatic rings. The Labute approximate surface area is 178 Å². The van der Waals surface area contributed by atoms with E-state index >= 15 is 0 Å². The third-order valence-electron chi connectivity index (χ3n) is 4.54.